The molecule has 1 amide bonds. The van der Waals surface area contributed by atoms with Gasteiger partial charge in [0.2, 0.25) is 10.0 Å². The SMILES string of the molecule is C=CCNC(=O)/C(C#N)=C\c1cn(-c2ccccc2)nc1-c1cccc(S(=O)(=O)N2CCCC(C)C2)c1. The van der Waals surface area contributed by atoms with E-state index in [4.69, 9.17) is 5.10 Å². The summed E-state index contributed by atoms with van der Waals surface area (Å²) < 4.78 is 30.0. The number of nitrogens with zero attached hydrogens (tertiary/aromatic N) is 4. The minimum absolute atomic E-state index is 0.0956. The molecule has 1 aliphatic rings. The van der Waals surface area contributed by atoms with Gasteiger partial charge in [-0.2, -0.15) is 14.7 Å². The molecule has 2 aromatic carbocycles. The highest BCUT2D eigenvalue weighted by molar-refractivity contribution is 7.89. The molecule has 1 N–H and O–H groups in total. The highest BCUT2D eigenvalue weighted by Crippen LogP contribution is 2.30. The molecule has 37 heavy (non-hydrogen) atoms. The number of hydrogen-bond acceptors (Lipinski definition) is 5. The summed E-state index contributed by atoms with van der Waals surface area (Å²) in [6, 6.07) is 18.0. The van der Waals surface area contributed by atoms with E-state index in [1.165, 1.54) is 12.2 Å². The molecule has 1 unspecified atom stereocenters. The number of hydrogen-bond donors (Lipinski definition) is 1. The van der Waals surface area contributed by atoms with Crippen molar-refractivity contribution < 1.29 is 13.2 Å². The minimum atomic E-state index is -3.68. The van der Waals surface area contributed by atoms with Crippen LogP contribution in [0.25, 0.3) is 23.0 Å². The van der Waals surface area contributed by atoms with Crippen molar-refractivity contribution in [1.29, 1.82) is 5.26 Å². The second kappa shape index (κ2) is 11.4. The van der Waals surface area contributed by atoms with E-state index in [2.05, 4.69) is 18.8 Å². The smallest absolute Gasteiger partial charge is 0.262 e. The Hall–Kier alpha value is -4.00. The summed E-state index contributed by atoms with van der Waals surface area (Å²) in [5, 5.41) is 17.0. The molecule has 0 aliphatic carbocycles. The Morgan fingerprint density at radius 3 is 2.73 bits per heavy atom. The van der Waals surface area contributed by atoms with Crippen molar-refractivity contribution in [2.75, 3.05) is 19.6 Å². The molecule has 1 aromatic heterocycles. The molecular weight excluding hydrogens is 486 g/mol. The third-order valence-electron chi connectivity index (χ3n) is 6.20. The van der Waals surface area contributed by atoms with Gasteiger partial charge in [0.15, 0.2) is 0 Å². The van der Waals surface area contributed by atoms with E-state index in [1.807, 2.05) is 36.4 Å². The topological polar surface area (TPSA) is 108 Å². The molecule has 1 aliphatic heterocycles. The Morgan fingerprint density at radius 1 is 1.24 bits per heavy atom. The van der Waals surface area contributed by atoms with Crippen LogP contribution >= 0.6 is 0 Å². The fourth-order valence-electron chi connectivity index (χ4n) is 4.31. The minimum Gasteiger partial charge on any atom is -0.348 e. The second-order valence-electron chi connectivity index (χ2n) is 9.02. The number of carbonyl (C=O) groups excluding carboxylic acids is 1. The van der Waals surface area contributed by atoms with E-state index in [1.54, 1.807) is 39.4 Å². The zero-order chi connectivity index (χ0) is 26.4. The first-order valence-corrected chi connectivity index (χ1v) is 13.5. The highest BCUT2D eigenvalue weighted by atomic mass is 32.2. The third-order valence-corrected chi connectivity index (χ3v) is 8.06. The number of para-hydroxylation sites is 1. The fraction of sp³-hybridized carbons (Fsp3) is 0.250. The average molecular weight is 516 g/mol. The van der Waals surface area contributed by atoms with E-state index in [0.717, 1.165) is 18.5 Å². The van der Waals surface area contributed by atoms with Crippen LogP contribution in [0.15, 0.2) is 83.9 Å². The molecule has 1 atom stereocenters. The quantitative estimate of drug-likeness (QED) is 0.275. The van der Waals surface area contributed by atoms with Gasteiger partial charge in [-0.05, 0) is 49.1 Å². The van der Waals surface area contributed by atoms with Crippen LogP contribution in [0.1, 0.15) is 25.3 Å². The third kappa shape index (κ3) is 5.88. The van der Waals surface area contributed by atoms with E-state index in [9.17, 15) is 18.5 Å². The molecule has 0 bridgehead atoms. The van der Waals surface area contributed by atoms with Crippen LogP contribution in [0, 0.1) is 17.2 Å². The summed E-state index contributed by atoms with van der Waals surface area (Å²) in [5.41, 5.74) is 2.22. The molecule has 0 spiro atoms. The van der Waals surface area contributed by atoms with Gasteiger partial charge in [-0.1, -0.05) is 43.3 Å². The summed E-state index contributed by atoms with van der Waals surface area (Å²) in [6.45, 7) is 6.85. The Kier molecular flexibility index (Phi) is 8.01. The lowest BCUT2D eigenvalue weighted by atomic mass is 10.0. The van der Waals surface area contributed by atoms with Gasteiger partial charge in [-0.15, -0.1) is 6.58 Å². The van der Waals surface area contributed by atoms with Crippen molar-refractivity contribution in [3.8, 4) is 23.0 Å². The number of carbonyl (C=O) groups is 1. The Bertz CT molecular complexity index is 1470. The normalized spacial score (nSPS) is 16.6. The summed E-state index contributed by atoms with van der Waals surface area (Å²) in [6.07, 6.45) is 6.56. The maximum atomic E-state index is 13.4. The van der Waals surface area contributed by atoms with Gasteiger partial charge in [0, 0.05) is 37.0 Å². The van der Waals surface area contributed by atoms with Crippen molar-refractivity contribution in [3.05, 3.63) is 84.6 Å². The van der Waals surface area contributed by atoms with Gasteiger partial charge < -0.3 is 5.32 Å². The molecule has 0 radical (unpaired) electrons. The molecule has 1 saturated heterocycles. The van der Waals surface area contributed by atoms with Gasteiger partial charge in [0.25, 0.3) is 5.91 Å². The number of aromatic nitrogens is 2. The van der Waals surface area contributed by atoms with E-state index in [-0.39, 0.29) is 17.0 Å². The van der Waals surface area contributed by atoms with Crippen LogP contribution in [-0.4, -0.2) is 48.0 Å². The molecule has 4 rings (SSSR count). The molecular formula is C28H29N5O3S. The van der Waals surface area contributed by atoms with Gasteiger partial charge in [0.05, 0.1) is 10.6 Å². The number of nitrogens with one attached hydrogen (secondary N) is 1. The lowest BCUT2D eigenvalue weighted by Crippen LogP contribution is -2.39. The lowest BCUT2D eigenvalue weighted by molar-refractivity contribution is -0.116. The number of amides is 1. The van der Waals surface area contributed by atoms with Crippen LogP contribution < -0.4 is 5.32 Å². The zero-order valence-electron chi connectivity index (χ0n) is 20.7. The van der Waals surface area contributed by atoms with Crippen molar-refractivity contribution in [3.63, 3.8) is 0 Å². The summed E-state index contributed by atoms with van der Waals surface area (Å²) in [5.74, 6) is -0.224. The van der Waals surface area contributed by atoms with Gasteiger partial charge in [-0.3, -0.25) is 4.79 Å². The van der Waals surface area contributed by atoms with Crippen molar-refractivity contribution in [2.45, 2.75) is 24.7 Å². The first-order valence-electron chi connectivity index (χ1n) is 12.1. The Morgan fingerprint density at radius 2 is 2.03 bits per heavy atom. The van der Waals surface area contributed by atoms with Crippen molar-refractivity contribution in [2.24, 2.45) is 5.92 Å². The van der Waals surface area contributed by atoms with Crippen LogP contribution in [0.3, 0.4) is 0 Å². The maximum Gasteiger partial charge on any atom is 0.262 e. The number of rotatable bonds is 8. The summed E-state index contributed by atoms with van der Waals surface area (Å²) in [4.78, 5) is 12.7. The second-order valence-corrected chi connectivity index (χ2v) is 11.0. The fourth-order valence-corrected chi connectivity index (χ4v) is 5.96. The standard InChI is InChI=1S/C28H29N5O3S/c1-3-14-30-28(34)23(18-29)16-24-20-33(25-11-5-4-6-12-25)31-27(24)22-10-7-13-26(17-22)37(35,36)32-15-8-9-21(2)19-32/h3-7,10-13,16-17,20-21H,1,8-9,14-15,19H2,2H3,(H,30,34)/b23-16-. The Balaban J connectivity index is 1.80. The molecule has 3 aromatic rings. The zero-order valence-corrected chi connectivity index (χ0v) is 21.5. The maximum absolute atomic E-state index is 13.4. The monoisotopic (exact) mass is 515 g/mol. The number of nitriles is 1. The molecule has 1 fully saturated rings. The van der Waals surface area contributed by atoms with Crippen LogP contribution in [0.5, 0.6) is 0 Å². The molecule has 190 valence electrons. The molecule has 0 saturated carbocycles. The first kappa shape index (κ1) is 26.1. The summed E-state index contributed by atoms with van der Waals surface area (Å²) >= 11 is 0. The van der Waals surface area contributed by atoms with E-state index in [0.29, 0.717) is 35.8 Å². The average Bonchev–Trinajstić information content (AvgIpc) is 3.35. The van der Waals surface area contributed by atoms with Crippen LogP contribution in [0.4, 0.5) is 0 Å². The Labute approximate surface area is 217 Å². The van der Waals surface area contributed by atoms with Gasteiger partial charge >= 0.3 is 0 Å². The van der Waals surface area contributed by atoms with E-state index >= 15 is 0 Å². The van der Waals surface area contributed by atoms with E-state index < -0.39 is 15.9 Å². The van der Waals surface area contributed by atoms with Gasteiger partial charge in [-0.25, -0.2) is 13.1 Å². The highest BCUT2D eigenvalue weighted by Gasteiger charge is 2.29. The lowest BCUT2D eigenvalue weighted by Gasteiger charge is -2.30. The number of piperidine rings is 1. The largest absolute Gasteiger partial charge is 0.348 e. The molecule has 2 heterocycles. The molecule has 8 nitrogen and oxygen atoms in total. The summed E-state index contributed by atoms with van der Waals surface area (Å²) in [7, 11) is -3.68. The predicted octanol–water partition coefficient (Wildman–Crippen LogP) is 4.17. The van der Waals surface area contributed by atoms with Crippen molar-refractivity contribution >= 4 is 22.0 Å². The number of sulfonamides is 1. The van der Waals surface area contributed by atoms with Crippen LogP contribution in [0.2, 0.25) is 0 Å². The van der Waals surface area contributed by atoms with Gasteiger partial charge in [0.1, 0.15) is 17.3 Å². The number of benzene rings is 2. The first-order chi connectivity index (χ1) is 17.8. The van der Waals surface area contributed by atoms with Crippen LogP contribution in [-0.2, 0) is 14.8 Å². The predicted molar refractivity (Wildman–Crippen MR) is 143 cm³/mol. The van der Waals surface area contributed by atoms with Crippen molar-refractivity contribution in [1.82, 2.24) is 19.4 Å². The molecule has 9 heteroatoms.